The molecule has 64 heavy (non-hydrogen) atoms. The lowest BCUT2D eigenvalue weighted by Crippen LogP contribution is -2.53. The minimum Gasteiger partial charge on any atom is -0.329 e. The Bertz CT molecular complexity index is 2250. The van der Waals surface area contributed by atoms with Gasteiger partial charge in [-0.15, -0.1) is 0 Å². The van der Waals surface area contributed by atoms with E-state index < -0.39 is 24.2 Å². The summed E-state index contributed by atoms with van der Waals surface area (Å²) in [6.45, 7) is 4.76. The molecule has 10 rings (SSSR count). The van der Waals surface area contributed by atoms with Crippen LogP contribution in [0.2, 0.25) is 0 Å². The zero-order valence-corrected chi connectivity index (χ0v) is 36.8. The number of nitrogens with one attached hydrogen (secondary N) is 2. The first kappa shape index (κ1) is 42.1. The van der Waals surface area contributed by atoms with Gasteiger partial charge in [-0.2, -0.15) is 0 Å². The van der Waals surface area contributed by atoms with Crippen LogP contribution in [0.15, 0.2) is 109 Å². The van der Waals surface area contributed by atoms with Gasteiger partial charge in [-0.25, -0.2) is 0 Å². The number of piperazine rings is 2. The molecule has 4 aromatic carbocycles. The molecule has 6 aliphatic heterocycles. The maximum atomic E-state index is 14.4. The van der Waals surface area contributed by atoms with E-state index in [0.29, 0.717) is 61.5 Å². The molecule has 12 nitrogen and oxygen atoms in total. The fraction of sp³-hybridized carbons (Fsp3) is 0.423. The van der Waals surface area contributed by atoms with Gasteiger partial charge in [-0.3, -0.25) is 29.0 Å². The number of benzene rings is 4. The van der Waals surface area contributed by atoms with E-state index in [0.717, 1.165) is 74.1 Å². The van der Waals surface area contributed by atoms with Crippen molar-refractivity contribution in [2.24, 2.45) is 0 Å². The highest BCUT2D eigenvalue weighted by atomic mass is 16.2. The number of rotatable bonds is 10. The van der Waals surface area contributed by atoms with Crippen LogP contribution in [0, 0.1) is 11.8 Å². The van der Waals surface area contributed by atoms with Crippen LogP contribution in [0.5, 0.6) is 0 Å². The van der Waals surface area contributed by atoms with Crippen molar-refractivity contribution in [3.8, 4) is 11.8 Å². The molecule has 330 valence electrons. The first-order chi connectivity index (χ1) is 31.2. The number of hydrogen-bond donors (Lipinski definition) is 2. The molecule has 0 spiro atoms. The largest absolute Gasteiger partial charge is 0.329 e. The maximum absolute atomic E-state index is 14.4. The number of fused-ring (bicyclic) bond motifs is 4. The summed E-state index contributed by atoms with van der Waals surface area (Å²) < 4.78 is 0. The molecule has 0 saturated carbocycles. The Balaban J connectivity index is 0.746. The Hall–Kier alpha value is -5.84. The number of nitrogens with zero attached hydrogens (tertiary/aromatic N) is 6. The van der Waals surface area contributed by atoms with Gasteiger partial charge in [0.1, 0.15) is 24.2 Å². The third-order valence-electron chi connectivity index (χ3n) is 14.8. The normalized spacial score (nSPS) is 26.5. The van der Waals surface area contributed by atoms with Crippen LogP contribution < -0.4 is 10.6 Å². The summed E-state index contributed by atoms with van der Waals surface area (Å²) in [5.74, 6) is 6.10. The van der Waals surface area contributed by atoms with E-state index >= 15 is 0 Å². The maximum Gasteiger partial charge on any atom is 0.247 e. The highest BCUT2D eigenvalue weighted by Crippen LogP contribution is 2.40. The Morgan fingerprint density at radius 1 is 0.516 bits per heavy atom. The van der Waals surface area contributed by atoms with Crippen molar-refractivity contribution in [3.05, 3.63) is 131 Å². The number of amides is 4. The van der Waals surface area contributed by atoms with Gasteiger partial charge < -0.3 is 30.2 Å². The lowest BCUT2D eigenvalue weighted by molar-refractivity contribution is -0.142. The Kier molecular flexibility index (Phi) is 11.8. The predicted octanol–water partition coefficient (Wildman–Crippen LogP) is 5.20. The summed E-state index contributed by atoms with van der Waals surface area (Å²) in [6, 6.07) is 34.7. The van der Waals surface area contributed by atoms with Gasteiger partial charge in [0.2, 0.25) is 23.6 Å². The molecule has 6 saturated heterocycles. The molecule has 4 aromatic rings. The first-order valence-corrected chi connectivity index (χ1v) is 23.1. The Labute approximate surface area is 376 Å². The van der Waals surface area contributed by atoms with Crippen molar-refractivity contribution in [2.75, 3.05) is 64.0 Å². The van der Waals surface area contributed by atoms with E-state index in [1.54, 1.807) is 0 Å². The molecule has 4 amide bonds. The number of likely N-dealkylation sites (N-methyl/N-ethyl adjacent to an activating group) is 2. The van der Waals surface area contributed by atoms with Gasteiger partial charge in [-0.1, -0.05) is 72.5 Å². The number of hydrogen-bond acceptors (Lipinski definition) is 8. The summed E-state index contributed by atoms with van der Waals surface area (Å²) in [4.78, 5) is 69.5. The van der Waals surface area contributed by atoms with E-state index in [-0.39, 0.29) is 23.6 Å². The third-order valence-corrected chi connectivity index (χ3v) is 14.8. The standard InChI is InChI=1S/C52H58N8O4/c1-55-31-43-29-41(55)33-59(43)47(37-11-5-3-6-12-37)51(63)57-27-9-15-45(57)49(61)53-39-23-19-35(20-24-39)17-18-36-21-25-40(26-22-36)54-50(62)46-16-10-28-58(46)52(64)48(38-13-7-4-8-14-38)60-34-42-30-44(60)32-56(42)2/h3-8,11-14,19-26,41-48H,9-10,15-16,27-34H2,1-2H3,(H,53,61)(H,54,62)/t41-,42-,43-,44-,45-,46-,47?,48?/m0/s1. The van der Waals surface area contributed by atoms with Crippen LogP contribution in [-0.4, -0.2) is 143 Å². The minimum atomic E-state index is -0.530. The molecule has 6 heterocycles. The van der Waals surface area contributed by atoms with Crippen molar-refractivity contribution in [2.45, 2.75) is 86.9 Å². The molecule has 6 aliphatic rings. The van der Waals surface area contributed by atoms with E-state index in [2.05, 4.69) is 56.2 Å². The fourth-order valence-corrected chi connectivity index (χ4v) is 11.4. The number of likely N-dealkylation sites (tertiary alicyclic amines) is 6. The average Bonchev–Trinajstić information content (AvgIpc) is 4.19. The molecular formula is C52H58N8O4. The highest BCUT2D eigenvalue weighted by molar-refractivity contribution is 5.99. The summed E-state index contributed by atoms with van der Waals surface area (Å²) in [7, 11) is 4.33. The Morgan fingerprint density at radius 3 is 1.25 bits per heavy atom. The zero-order valence-electron chi connectivity index (χ0n) is 36.8. The molecular weight excluding hydrogens is 801 g/mol. The van der Waals surface area contributed by atoms with Crippen molar-refractivity contribution < 1.29 is 19.2 Å². The monoisotopic (exact) mass is 858 g/mol. The van der Waals surface area contributed by atoms with Crippen LogP contribution in [0.3, 0.4) is 0 Å². The Morgan fingerprint density at radius 2 is 0.906 bits per heavy atom. The van der Waals surface area contributed by atoms with Crippen molar-refractivity contribution >= 4 is 35.0 Å². The second-order valence-corrected chi connectivity index (χ2v) is 18.7. The predicted molar refractivity (Wildman–Crippen MR) is 247 cm³/mol. The van der Waals surface area contributed by atoms with E-state index in [1.165, 1.54) is 0 Å². The number of carbonyl (C=O) groups excluding carboxylic acids is 4. The first-order valence-electron chi connectivity index (χ1n) is 23.1. The molecule has 0 radical (unpaired) electrons. The molecule has 2 unspecified atom stereocenters. The molecule has 8 atom stereocenters. The number of anilines is 2. The van der Waals surface area contributed by atoms with Crippen LogP contribution in [0.1, 0.15) is 72.9 Å². The van der Waals surface area contributed by atoms with Crippen molar-refractivity contribution in [1.82, 2.24) is 29.4 Å². The van der Waals surface area contributed by atoms with E-state index in [1.807, 2.05) is 119 Å². The van der Waals surface area contributed by atoms with Crippen LogP contribution in [-0.2, 0) is 19.2 Å². The quantitative estimate of drug-likeness (QED) is 0.210. The molecule has 4 bridgehead atoms. The average molecular weight is 859 g/mol. The van der Waals surface area contributed by atoms with Gasteiger partial charge in [-0.05, 0) is 112 Å². The lowest BCUT2D eigenvalue weighted by Gasteiger charge is -2.39. The summed E-state index contributed by atoms with van der Waals surface area (Å²) >= 11 is 0. The van der Waals surface area contributed by atoms with Gasteiger partial charge in [0.15, 0.2) is 0 Å². The SMILES string of the molecule is CN1C[C@@H]2C[C@H]1CN2C(C(=O)N1CCC[C@H]1C(=O)Nc1ccc(C#Cc2ccc(NC(=O)[C@@H]3CCCN3C(=O)C(c3ccccc3)N3C[C@@H]4C[C@H]3CN4C)cc2)cc1)c1ccccc1. The third kappa shape index (κ3) is 8.34. The van der Waals surface area contributed by atoms with Gasteiger partial charge in [0.05, 0.1) is 0 Å². The van der Waals surface area contributed by atoms with E-state index in [4.69, 9.17) is 0 Å². The zero-order chi connectivity index (χ0) is 43.9. The smallest absolute Gasteiger partial charge is 0.247 e. The summed E-state index contributed by atoms with van der Waals surface area (Å²) in [5, 5.41) is 6.15. The van der Waals surface area contributed by atoms with Gasteiger partial charge >= 0.3 is 0 Å². The molecule has 12 heteroatoms. The summed E-state index contributed by atoms with van der Waals surface area (Å²) in [6.07, 6.45) is 4.98. The van der Waals surface area contributed by atoms with Crippen LogP contribution >= 0.6 is 0 Å². The topological polar surface area (TPSA) is 112 Å². The summed E-state index contributed by atoms with van der Waals surface area (Å²) in [5.41, 5.74) is 4.86. The lowest BCUT2D eigenvalue weighted by atomic mass is 10.0. The van der Waals surface area contributed by atoms with Crippen molar-refractivity contribution in [3.63, 3.8) is 0 Å². The number of carbonyl (C=O) groups is 4. The van der Waals surface area contributed by atoms with Crippen LogP contribution in [0.25, 0.3) is 0 Å². The molecule has 0 aliphatic carbocycles. The molecule has 6 fully saturated rings. The van der Waals surface area contributed by atoms with Gasteiger partial charge in [0, 0.05) is 85.9 Å². The fourth-order valence-electron chi connectivity index (χ4n) is 11.4. The second kappa shape index (κ2) is 18.0. The molecule has 2 N–H and O–H groups in total. The molecule has 0 aromatic heterocycles. The highest BCUT2D eigenvalue weighted by Gasteiger charge is 2.50. The van der Waals surface area contributed by atoms with E-state index in [9.17, 15) is 19.2 Å². The van der Waals surface area contributed by atoms with Crippen LogP contribution in [0.4, 0.5) is 11.4 Å². The van der Waals surface area contributed by atoms with Gasteiger partial charge in [0.25, 0.3) is 0 Å². The second-order valence-electron chi connectivity index (χ2n) is 18.7. The minimum absolute atomic E-state index is 0.0115. The van der Waals surface area contributed by atoms with Crippen molar-refractivity contribution in [1.29, 1.82) is 0 Å².